The highest BCUT2D eigenvalue weighted by molar-refractivity contribution is 5.80. The van der Waals surface area contributed by atoms with Crippen molar-refractivity contribution in [2.75, 3.05) is 28.1 Å². The van der Waals surface area contributed by atoms with E-state index in [-0.39, 0.29) is 0 Å². The summed E-state index contributed by atoms with van der Waals surface area (Å²) >= 11 is 0. The Morgan fingerprint density at radius 1 is 1.21 bits per heavy atom. The van der Waals surface area contributed by atoms with E-state index in [0.29, 0.717) is 6.79 Å². The molecular formula is C10H22O4. The Bertz CT molecular complexity index is 111. The van der Waals surface area contributed by atoms with Gasteiger partial charge in [-0.05, 0) is 0 Å². The van der Waals surface area contributed by atoms with Gasteiger partial charge in [0.05, 0.1) is 7.11 Å². The van der Waals surface area contributed by atoms with Gasteiger partial charge in [0.2, 0.25) is 0 Å². The normalized spacial score (nSPS) is 7.21. The lowest BCUT2D eigenvalue weighted by atomic mass is 10.6. The maximum atomic E-state index is 9.84. The van der Waals surface area contributed by atoms with Gasteiger partial charge in [-0.15, -0.1) is 0 Å². The van der Waals surface area contributed by atoms with Crippen LogP contribution in [0.5, 0.6) is 0 Å². The monoisotopic (exact) mass is 206 g/mol. The summed E-state index contributed by atoms with van der Waals surface area (Å²) in [6.07, 6.45) is 2.36. The summed E-state index contributed by atoms with van der Waals surface area (Å²) < 4.78 is 13.1. The smallest absolute Gasteiger partial charge is 0.329 e. The molecule has 86 valence electrons. The first-order valence-electron chi connectivity index (χ1n) is 4.32. The number of rotatable bonds is 3. The van der Waals surface area contributed by atoms with Crippen molar-refractivity contribution in [1.82, 2.24) is 0 Å². The first kappa shape index (κ1) is 18.8. The number of hydrogen-bond acceptors (Lipinski definition) is 4. The van der Waals surface area contributed by atoms with Gasteiger partial charge >= 0.3 is 5.97 Å². The van der Waals surface area contributed by atoms with Crippen molar-refractivity contribution < 1.29 is 19.0 Å². The van der Waals surface area contributed by atoms with Crippen molar-refractivity contribution >= 4 is 5.97 Å². The molecule has 0 saturated heterocycles. The molecule has 0 unspecified atom stereocenters. The van der Waals surface area contributed by atoms with Crippen molar-refractivity contribution in [3.63, 3.8) is 0 Å². The van der Waals surface area contributed by atoms with E-state index in [1.807, 2.05) is 0 Å². The van der Waals surface area contributed by atoms with Gasteiger partial charge in [0, 0.05) is 20.3 Å². The fraction of sp³-hybridized carbons (Fsp3) is 0.700. The van der Waals surface area contributed by atoms with Gasteiger partial charge in [-0.3, -0.25) is 0 Å². The maximum absolute atomic E-state index is 9.84. The Balaban J connectivity index is -0.000000138. The molecule has 0 saturated carbocycles. The largest absolute Gasteiger partial charge is 0.466 e. The molecule has 14 heavy (non-hydrogen) atoms. The molecule has 0 atom stereocenters. The topological polar surface area (TPSA) is 44.8 Å². The highest BCUT2D eigenvalue weighted by atomic mass is 16.6. The molecule has 4 nitrogen and oxygen atoms in total. The zero-order chi connectivity index (χ0) is 11.8. The van der Waals surface area contributed by atoms with E-state index in [1.54, 1.807) is 14.2 Å². The summed E-state index contributed by atoms with van der Waals surface area (Å²) in [4.78, 5) is 9.84. The van der Waals surface area contributed by atoms with Crippen LogP contribution in [0.1, 0.15) is 20.3 Å². The minimum Gasteiger partial charge on any atom is -0.466 e. The Morgan fingerprint density at radius 3 is 1.57 bits per heavy atom. The summed E-state index contributed by atoms with van der Waals surface area (Å²) in [5.41, 5.74) is 0. The molecule has 0 heterocycles. The fourth-order valence-corrected chi connectivity index (χ4v) is 0.201. The van der Waals surface area contributed by atoms with Crippen LogP contribution >= 0.6 is 0 Å². The van der Waals surface area contributed by atoms with Gasteiger partial charge in [-0.1, -0.05) is 26.8 Å². The Hall–Kier alpha value is -0.870. The molecule has 0 N–H and O–H groups in total. The molecule has 0 aliphatic heterocycles. The summed E-state index contributed by atoms with van der Waals surface area (Å²) in [5, 5.41) is 0. The number of ether oxygens (including phenoxy) is 3. The lowest BCUT2D eigenvalue weighted by Gasteiger charge is -1.87. The quantitative estimate of drug-likeness (QED) is 0.402. The molecule has 4 heteroatoms. The van der Waals surface area contributed by atoms with Crippen LogP contribution in [-0.2, 0) is 19.0 Å². The van der Waals surface area contributed by atoms with Crippen molar-refractivity contribution in [2.45, 2.75) is 20.3 Å². The minimum atomic E-state index is -0.394. The van der Waals surface area contributed by atoms with Crippen LogP contribution in [0.15, 0.2) is 12.7 Å². The van der Waals surface area contributed by atoms with Gasteiger partial charge in [0.15, 0.2) is 0 Å². The van der Waals surface area contributed by atoms with E-state index in [4.69, 9.17) is 0 Å². The molecular weight excluding hydrogens is 184 g/mol. The van der Waals surface area contributed by atoms with Crippen molar-refractivity contribution in [1.29, 1.82) is 0 Å². The standard InChI is InChI=1S/C4H6O2.C3H8O2.C3H8/c1-3-4(5)6-2;1-4-3-5-2;1-3-2/h3H,1H2,2H3;3H2,1-2H3;3H2,1-2H3. The summed E-state index contributed by atoms with van der Waals surface area (Å²) in [6, 6.07) is 0. The number of carbonyl (C=O) groups excluding carboxylic acids is 1. The van der Waals surface area contributed by atoms with E-state index in [2.05, 4.69) is 34.6 Å². The first-order chi connectivity index (χ1) is 6.64. The van der Waals surface area contributed by atoms with Crippen molar-refractivity contribution in [3.8, 4) is 0 Å². The zero-order valence-corrected chi connectivity index (χ0v) is 9.83. The van der Waals surface area contributed by atoms with Gasteiger partial charge in [-0.25, -0.2) is 4.79 Å². The lowest BCUT2D eigenvalue weighted by molar-refractivity contribution is -0.134. The molecule has 0 aliphatic carbocycles. The highest BCUT2D eigenvalue weighted by Gasteiger charge is 1.81. The summed E-state index contributed by atoms with van der Waals surface area (Å²) in [7, 11) is 4.48. The summed E-state index contributed by atoms with van der Waals surface area (Å²) in [6.45, 7) is 7.80. The van der Waals surface area contributed by atoms with Crippen LogP contribution in [0.25, 0.3) is 0 Å². The second-order valence-corrected chi connectivity index (χ2v) is 2.13. The minimum absolute atomic E-state index is 0.389. The van der Waals surface area contributed by atoms with Crippen LogP contribution in [-0.4, -0.2) is 34.1 Å². The van der Waals surface area contributed by atoms with E-state index in [1.165, 1.54) is 13.5 Å². The molecule has 0 fully saturated rings. The van der Waals surface area contributed by atoms with Crippen LogP contribution in [0.2, 0.25) is 0 Å². The third-order valence-corrected chi connectivity index (χ3v) is 0.604. The average Bonchev–Trinajstić information content (AvgIpc) is 2.20. The third-order valence-electron chi connectivity index (χ3n) is 0.604. The van der Waals surface area contributed by atoms with Crippen LogP contribution < -0.4 is 0 Å². The number of hydrogen-bond donors (Lipinski definition) is 0. The van der Waals surface area contributed by atoms with Crippen molar-refractivity contribution in [3.05, 3.63) is 12.7 Å². The summed E-state index contributed by atoms with van der Waals surface area (Å²) in [5.74, 6) is -0.394. The molecule has 0 aromatic carbocycles. The number of esters is 1. The van der Waals surface area contributed by atoms with E-state index in [9.17, 15) is 4.79 Å². The van der Waals surface area contributed by atoms with Crippen LogP contribution in [0, 0.1) is 0 Å². The van der Waals surface area contributed by atoms with Crippen LogP contribution in [0.4, 0.5) is 0 Å². The fourth-order valence-electron chi connectivity index (χ4n) is 0.201. The van der Waals surface area contributed by atoms with E-state index >= 15 is 0 Å². The second kappa shape index (κ2) is 22.7. The van der Waals surface area contributed by atoms with Crippen LogP contribution in [0.3, 0.4) is 0 Å². The highest BCUT2D eigenvalue weighted by Crippen LogP contribution is 1.67. The predicted octanol–water partition coefficient (Wildman–Crippen LogP) is 2.00. The van der Waals surface area contributed by atoms with Gasteiger partial charge in [-0.2, -0.15) is 0 Å². The lowest BCUT2D eigenvalue weighted by Crippen LogP contribution is -1.91. The number of methoxy groups -OCH3 is 3. The molecule has 0 rings (SSSR count). The van der Waals surface area contributed by atoms with Gasteiger partial charge in [0.1, 0.15) is 6.79 Å². The number of carbonyl (C=O) groups is 1. The Labute approximate surface area is 86.8 Å². The molecule has 0 aliphatic rings. The van der Waals surface area contributed by atoms with E-state index < -0.39 is 5.97 Å². The van der Waals surface area contributed by atoms with Crippen molar-refractivity contribution in [2.24, 2.45) is 0 Å². The van der Waals surface area contributed by atoms with Gasteiger partial charge < -0.3 is 14.2 Å². The average molecular weight is 206 g/mol. The maximum Gasteiger partial charge on any atom is 0.329 e. The molecule has 0 radical (unpaired) electrons. The SMILES string of the molecule is C=CC(=O)OC.CCC.COCOC. The zero-order valence-electron chi connectivity index (χ0n) is 9.83. The third kappa shape index (κ3) is 43.4. The first-order valence-corrected chi connectivity index (χ1v) is 4.32. The molecule has 0 aromatic heterocycles. The molecule has 0 amide bonds. The predicted molar refractivity (Wildman–Crippen MR) is 57.1 cm³/mol. The molecule has 0 aromatic rings. The Morgan fingerprint density at radius 2 is 1.57 bits per heavy atom. The molecule has 0 bridgehead atoms. The van der Waals surface area contributed by atoms with E-state index in [0.717, 1.165) is 6.08 Å². The van der Waals surface area contributed by atoms with Gasteiger partial charge in [0.25, 0.3) is 0 Å². The molecule has 0 spiro atoms. The Kier molecular flexibility index (Phi) is 30.6. The second-order valence-electron chi connectivity index (χ2n) is 2.13.